The second-order valence-electron chi connectivity index (χ2n) is 9.66. The van der Waals surface area contributed by atoms with Gasteiger partial charge in [0.05, 0.1) is 35.6 Å². The van der Waals surface area contributed by atoms with E-state index in [-0.39, 0.29) is 18.8 Å². The average molecular weight is 668 g/mol. The summed E-state index contributed by atoms with van der Waals surface area (Å²) in [6, 6.07) is 18.2. The number of hydrogen-bond donors (Lipinski definition) is 0. The predicted molar refractivity (Wildman–Crippen MR) is 168 cm³/mol. The third-order valence-corrected chi connectivity index (χ3v) is 8.41. The lowest BCUT2D eigenvalue weighted by Gasteiger charge is -2.24. The lowest BCUT2D eigenvalue weighted by molar-refractivity contribution is -0.139. The van der Waals surface area contributed by atoms with Crippen LogP contribution in [0.25, 0.3) is 6.08 Å². The summed E-state index contributed by atoms with van der Waals surface area (Å²) in [6.07, 6.45) is 1.76. The number of allylic oxidation sites excluding steroid dienone is 1. The number of hydrogen-bond acceptors (Lipinski definition) is 7. The molecule has 2 heterocycles. The van der Waals surface area contributed by atoms with Crippen molar-refractivity contribution in [2.75, 3.05) is 13.7 Å². The normalized spacial score (nSPS) is 14.8. The van der Waals surface area contributed by atoms with E-state index in [1.807, 2.05) is 55.5 Å². The van der Waals surface area contributed by atoms with E-state index in [0.717, 1.165) is 21.2 Å². The summed E-state index contributed by atoms with van der Waals surface area (Å²) in [4.78, 5) is 32.4. The fourth-order valence-corrected chi connectivity index (χ4v) is 6.49. The Labute approximate surface area is 260 Å². The van der Waals surface area contributed by atoms with E-state index in [4.69, 9.17) is 25.8 Å². The Kier molecular flexibility index (Phi) is 9.01. The first-order chi connectivity index (χ1) is 20.2. The number of thiazole rings is 1. The Bertz CT molecular complexity index is 1880. The van der Waals surface area contributed by atoms with Crippen molar-refractivity contribution in [2.24, 2.45) is 4.99 Å². The van der Waals surface area contributed by atoms with Gasteiger partial charge in [0.15, 0.2) is 16.3 Å². The molecule has 0 fully saturated rings. The molecule has 10 heteroatoms. The van der Waals surface area contributed by atoms with E-state index in [9.17, 15) is 9.59 Å². The monoisotopic (exact) mass is 666 g/mol. The zero-order valence-corrected chi connectivity index (χ0v) is 26.6. The summed E-state index contributed by atoms with van der Waals surface area (Å²) < 4.78 is 20.0. The number of carbonyl (C=O) groups is 1. The number of methoxy groups -OCH3 is 1. The summed E-state index contributed by atoms with van der Waals surface area (Å²) in [5.41, 5.74) is 3.97. The fraction of sp³-hybridized carbons (Fsp3) is 0.219. The van der Waals surface area contributed by atoms with Crippen LogP contribution in [-0.4, -0.2) is 24.3 Å². The lowest BCUT2D eigenvalue weighted by atomic mass is 9.95. The van der Waals surface area contributed by atoms with Crippen LogP contribution < -0.4 is 24.4 Å². The molecular formula is C32H28BrClN2O5S. The molecule has 0 aliphatic carbocycles. The maximum Gasteiger partial charge on any atom is 0.338 e. The van der Waals surface area contributed by atoms with Gasteiger partial charge < -0.3 is 14.2 Å². The maximum absolute atomic E-state index is 14.1. The first kappa shape index (κ1) is 29.8. The molecule has 1 atom stereocenters. The first-order valence-corrected chi connectivity index (χ1v) is 15.2. The minimum Gasteiger partial charge on any atom is -0.493 e. The number of halogens is 2. The van der Waals surface area contributed by atoms with Gasteiger partial charge in [-0.05, 0) is 62.2 Å². The van der Waals surface area contributed by atoms with Crippen molar-refractivity contribution in [3.8, 4) is 11.5 Å². The quantitative estimate of drug-likeness (QED) is 0.212. The van der Waals surface area contributed by atoms with Gasteiger partial charge in [0.2, 0.25) is 0 Å². The van der Waals surface area contributed by atoms with E-state index >= 15 is 0 Å². The number of rotatable bonds is 8. The van der Waals surface area contributed by atoms with Gasteiger partial charge in [0, 0.05) is 15.1 Å². The minimum absolute atomic E-state index is 0.212. The van der Waals surface area contributed by atoms with Gasteiger partial charge in [-0.25, -0.2) is 9.79 Å². The van der Waals surface area contributed by atoms with Crippen molar-refractivity contribution < 1.29 is 19.0 Å². The van der Waals surface area contributed by atoms with E-state index in [1.54, 1.807) is 43.7 Å². The van der Waals surface area contributed by atoms with Crippen LogP contribution in [0.1, 0.15) is 42.1 Å². The van der Waals surface area contributed by atoms with Gasteiger partial charge in [0.25, 0.3) is 5.56 Å². The molecule has 0 radical (unpaired) electrons. The molecule has 3 aromatic carbocycles. The molecule has 5 rings (SSSR count). The molecule has 4 aromatic rings. The smallest absolute Gasteiger partial charge is 0.338 e. The molecule has 0 bridgehead atoms. The first-order valence-electron chi connectivity index (χ1n) is 13.2. The van der Waals surface area contributed by atoms with E-state index in [0.29, 0.717) is 42.7 Å². The zero-order valence-electron chi connectivity index (χ0n) is 23.4. The van der Waals surface area contributed by atoms with Crippen LogP contribution in [0.4, 0.5) is 0 Å². The van der Waals surface area contributed by atoms with Crippen LogP contribution in [0.15, 0.2) is 86.2 Å². The molecule has 0 N–H and O–H groups in total. The van der Waals surface area contributed by atoms with Crippen LogP contribution >= 0.6 is 38.9 Å². The Morgan fingerprint density at radius 1 is 1.14 bits per heavy atom. The fourth-order valence-electron chi connectivity index (χ4n) is 4.78. The van der Waals surface area contributed by atoms with Crippen LogP contribution in [0.2, 0.25) is 5.02 Å². The van der Waals surface area contributed by atoms with E-state index in [1.165, 1.54) is 11.3 Å². The topological polar surface area (TPSA) is 79.1 Å². The Hall–Kier alpha value is -3.66. The zero-order chi connectivity index (χ0) is 30.0. The molecule has 7 nitrogen and oxygen atoms in total. The van der Waals surface area contributed by atoms with Crippen molar-refractivity contribution in [3.05, 3.63) is 123 Å². The second-order valence-corrected chi connectivity index (χ2v) is 12.0. The van der Waals surface area contributed by atoms with Crippen LogP contribution in [0.5, 0.6) is 11.5 Å². The summed E-state index contributed by atoms with van der Waals surface area (Å²) in [6.45, 7) is 5.97. The number of benzene rings is 3. The minimum atomic E-state index is -0.682. The Morgan fingerprint density at radius 2 is 1.90 bits per heavy atom. The Balaban J connectivity index is 1.66. The van der Waals surface area contributed by atoms with Crippen LogP contribution in [0.3, 0.4) is 0 Å². The standard InChI is InChI=1S/C32H28BrClN2O5S/c1-5-40-31(38)27-19(3)35-32-36(28(27)21-11-9-18(2)10-12-21)30(37)26(42-32)15-22-14-23(33)16-25(39-4)29(22)41-17-20-7-6-8-24(34)13-20/h6-16,28H,5,17H2,1-4H3/b26-15-/t28-/m0/s1. The van der Waals surface area contributed by atoms with Crippen molar-refractivity contribution in [3.63, 3.8) is 0 Å². The molecule has 0 amide bonds. The number of nitrogens with zero attached hydrogens (tertiary/aromatic N) is 2. The molecule has 1 aliphatic rings. The molecular weight excluding hydrogens is 640 g/mol. The number of aromatic nitrogens is 1. The highest BCUT2D eigenvalue weighted by Gasteiger charge is 2.33. The highest BCUT2D eigenvalue weighted by molar-refractivity contribution is 9.10. The SMILES string of the molecule is CCOC(=O)C1=C(C)N=c2s/c(=C\c3cc(Br)cc(OC)c3OCc3cccc(Cl)c3)c(=O)n2[C@H]1c1ccc(C)cc1. The molecule has 0 spiro atoms. The van der Waals surface area contributed by atoms with Gasteiger partial charge in [-0.2, -0.15) is 0 Å². The number of esters is 1. The summed E-state index contributed by atoms with van der Waals surface area (Å²) in [7, 11) is 1.56. The average Bonchev–Trinajstić information content (AvgIpc) is 3.26. The third-order valence-electron chi connectivity index (χ3n) is 6.74. The van der Waals surface area contributed by atoms with Crippen molar-refractivity contribution in [1.29, 1.82) is 0 Å². The second kappa shape index (κ2) is 12.7. The van der Waals surface area contributed by atoms with Crippen molar-refractivity contribution in [2.45, 2.75) is 33.4 Å². The van der Waals surface area contributed by atoms with Gasteiger partial charge in [-0.15, -0.1) is 0 Å². The number of aryl methyl sites for hydroxylation is 1. The number of ether oxygens (including phenoxy) is 3. The van der Waals surface area contributed by atoms with Gasteiger partial charge >= 0.3 is 5.97 Å². The maximum atomic E-state index is 14.1. The van der Waals surface area contributed by atoms with Gasteiger partial charge in [0.1, 0.15) is 6.61 Å². The highest BCUT2D eigenvalue weighted by atomic mass is 79.9. The largest absolute Gasteiger partial charge is 0.493 e. The summed E-state index contributed by atoms with van der Waals surface area (Å²) >= 11 is 11.0. The highest BCUT2D eigenvalue weighted by Crippen LogP contribution is 2.36. The van der Waals surface area contributed by atoms with Crippen molar-refractivity contribution >= 4 is 50.9 Å². The number of fused-ring (bicyclic) bond motifs is 1. The van der Waals surface area contributed by atoms with E-state index < -0.39 is 12.0 Å². The molecule has 1 aromatic heterocycles. The summed E-state index contributed by atoms with van der Waals surface area (Å²) in [5.74, 6) is 0.487. The third kappa shape index (κ3) is 6.09. The molecule has 0 unspecified atom stereocenters. The number of carbonyl (C=O) groups excluding carboxylic acids is 1. The van der Waals surface area contributed by atoms with Crippen molar-refractivity contribution in [1.82, 2.24) is 4.57 Å². The molecule has 0 saturated heterocycles. The van der Waals surface area contributed by atoms with Crippen LogP contribution in [-0.2, 0) is 16.1 Å². The van der Waals surface area contributed by atoms with Crippen LogP contribution in [0, 0.1) is 6.92 Å². The molecule has 1 aliphatic heterocycles. The molecule has 42 heavy (non-hydrogen) atoms. The lowest BCUT2D eigenvalue weighted by Crippen LogP contribution is -2.39. The molecule has 0 saturated carbocycles. The van der Waals surface area contributed by atoms with Gasteiger partial charge in [-0.3, -0.25) is 9.36 Å². The predicted octanol–water partition coefficient (Wildman–Crippen LogP) is 6.11. The van der Waals surface area contributed by atoms with E-state index in [2.05, 4.69) is 20.9 Å². The Morgan fingerprint density at radius 3 is 2.60 bits per heavy atom. The molecule has 216 valence electrons. The van der Waals surface area contributed by atoms with Gasteiger partial charge in [-0.1, -0.05) is 80.8 Å². The summed E-state index contributed by atoms with van der Waals surface area (Å²) in [5, 5.41) is 0.612.